The Balaban J connectivity index is 1.80. The molecule has 138 valence electrons. The van der Waals surface area contributed by atoms with E-state index in [0.29, 0.717) is 38.0 Å². The van der Waals surface area contributed by atoms with Crippen LogP contribution in [-0.4, -0.2) is 44.4 Å². The van der Waals surface area contributed by atoms with E-state index < -0.39 is 16.5 Å². The number of rotatable bonds is 5. The largest absolute Gasteiger partial charge is 0.488 e. The highest BCUT2D eigenvalue weighted by atomic mass is 32.3. The van der Waals surface area contributed by atoms with Gasteiger partial charge in [-0.25, -0.2) is 4.79 Å². The summed E-state index contributed by atoms with van der Waals surface area (Å²) < 4.78 is 37.2. The van der Waals surface area contributed by atoms with E-state index in [1.165, 1.54) is 24.3 Å². The minimum atomic E-state index is -5.07. The van der Waals surface area contributed by atoms with E-state index in [1.54, 1.807) is 4.90 Å². The van der Waals surface area contributed by atoms with Gasteiger partial charge in [0.15, 0.2) is 0 Å². The van der Waals surface area contributed by atoms with E-state index in [4.69, 9.17) is 0 Å². The molecule has 1 fully saturated rings. The molecule has 1 aliphatic rings. The molecule has 1 aliphatic heterocycles. The second-order valence-electron chi connectivity index (χ2n) is 5.61. The van der Waals surface area contributed by atoms with Crippen molar-refractivity contribution in [3.05, 3.63) is 24.3 Å². The molecule has 10 heteroatoms. The number of amides is 3. The van der Waals surface area contributed by atoms with Gasteiger partial charge in [-0.3, -0.25) is 4.79 Å². The van der Waals surface area contributed by atoms with Crippen LogP contribution in [0.1, 0.15) is 26.2 Å². The first-order valence-electron chi connectivity index (χ1n) is 7.86. The fourth-order valence-corrected chi connectivity index (χ4v) is 2.90. The van der Waals surface area contributed by atoms with Crippen molar-refractivity contribution in [2.75, 3.05) is 18.4 Å². The number of nitrogens with one attached hydrogen (secondary N) is 2. The number of hydrogen-bond donors (Lipinski definition) is 2. The van der Waals surface area contributed by atoms with Crippen molar-refractivity contribution in [1.29, 1.82) is 0 Å². The second kappa shape index (κ2) is 8.15. The van der Waals surface area contributed by atoms with Gasteiger partial charge >= 0.3 is 16.5 Å². The summed E-state index contributed by atoms with van der Waals surface area (Å²) in [6.45, 7) is 3.04. The van der Waals surface area contributed by atoms with Gasteiger partial charge in [0.2, 0.25) is 5.91 Å². The first-order valence-corrected chi connectivity index (χ1v) is 9.17. The fraction of sp³-hybridized carbons (Fsp3) is 0.467. The van der Waals surface area contributed by atoms with Gasteiger partial charge in [0.05, 0.1) is 0 Å². The van der Waals surface area contributed by atoms with Gasteiger partial charge in [0.25, 0.3) is 0 Å². The van der Waals surface area contributed by atoms with Gasteiger partial charge in [-0.05, 0) is 37.1 Å². The maximum absolute atomic E-state index is 12.4. The minimum absolute atomic E-state index is 0.0276. The first-order chi connectivity index (χ1) is 11.8. The Morgan fingerprint density at radius 3 is 2.36 bits per heavy atom. The summed E-state index contributed by atoms with van der Waals surface area (Å²) in [6, 6.07) is 4.79. The van der Waals surface area contributed by atoms with Crippen LogP contribution in [0.25, 0.3) is 0 Å². The topological polar surface area (TPSA) is 105 Å². The van der Waals surface area contributed by atoms with Crippen molar-refractivity contribution >= 4 is 28.1 Å². The fourth-order valence-electron chi connectivity index (χ4n) is 2.56. The molecule has 8 nitrogen and oxygen atoms in total. The molecule has 0 aliphatic carbocycles. The molecular weight excluding hydrogens is 353 g/mol. The molecule has 0 aromatic heterocycles. The van der Waals surface area contributed by atoms with Gasteiger partial charge in [0, 0.05) is 31.2 Å². The molecule has 1 heterocycles. The number of carbonyl (C=O) groups is 2. The molecule has 2 rings (SSSR count). The Morgan fingerprint density at radius 2 is 1.84 bits per heavy atom. The lowest BCUT2D eigenvalue weighted by molar-refractivity contribution is -0.131. The van der Waals surface area contributed by atoms with E-state index in [0.717, 1.165) is 0 Å². The summed E-state index contributed by atoms with van der Waals surface area (Å²) in [5, 5.41) is 5.42. The molecule has 1 saturated heterocycles. The average molecular weight is 373 g/mol. The van der Waals surface area contributed by atoms with E-state index >= 15 is 0 Å². The summed E-state index contributed by atoms with van der Waals surface area (Å²) in [5.74, 6) is -0.0816. The molecule has 25 heavy (non-hydrogen) atoms. The van der Waals surface area contributed by atoms with Crippen molar-refractivity contribution in [2.45, 2.75) is 32.2 Å². The zero-order valence-electron chi connectivity index (χ0n) is 13.7. The molecule has 0 saturated carbocycles. The molecule has 0 unspecified atom stereocenters. The van der Waals surface area contributed by atoms with Crippen LogP contribution in [0.4, 0.5) is 14.4 Å². The lowest BCUT2D eigenvalue weighted by atomic mass is 10.1. The lowest BCUT2D eigenvalue weighted by Gasteiger charge is -2.32. The van der Waals surface area contributed by atoms with Crippen LogP contribution in [0.15, 0.2) is 24.3 Å². The number of piperidine rings is 1. The third-order valence-corrected chi connectivity index (χ3v) is 4.18. The molecule has 0 atom stereocenters. The summed E-state index contributed by atoms with van der Waals surface area (Å²) in [6.07, 6.45) is 1.84. The molecule has 1 aromatic rings. The number of urea groups is 1. The van der Waals surface area contributed by atoms with Crippen LogP contribution in [-0.2, 0) is 15.3 Å². The monoisotopic (exact) mass is 373 g/mol. The highest BCUT2D eigenvalue weighted by molar-refractivity contribution is 7.81. The lowest BCUT2D eigenvalue weighted by Crippen LogP contribution is -2.47. The number of nitrogens with zero attached hydrogens (tertiary/aromatic N) is 1. The third kappa shape index (κ3) is 6.22. The average Bonchev–Trinajstić information content (AvgIpc) is 2.55. The molecule has 3 amide bonds. The summed E-state index contributed by atoms with van der Waals surface area (Å²) in [4.78, 5) is 25.4. The Kier molecular flexibility index (Phi) is 6.18. The summed E-state index contributed by atoms with van der Waals surface area (Å²) in [7, 11) is -5.07. The van der Waals surface area contributed by atoms with Crippen molar-refractivity contribution in [1.82, 2.24) is 10.2 Å². The van der Waals surface area contributed by atoms with E-state index in [9.17, 15) is 21.9 Å². The van der Waals surface area contributed by atoms with Gasteiger partial charge in [-0.15, -0.1) is 0 Å². The Bertz CT molecular complexity index is 715. The Morgan fingerprint density at radius 1 is 1.24 bits per heavy atom. The zero-order valence-corrected chi connectivity index (χ0v) is 14.5. The van der Waals surface area contributed by atoms with Crippen molar-refractivity contribution < 1.29 is 26.1 Å². The predicted molar refractivity (Wildman–Crippen MR) is 89.1 cm³/mol. The molecular formula is C15H20FN3O5S. The van der Waals surface area contributed by atoms with Crippen LogP contribution >= 0.6 is 0 Å². The van der Waals surface area contributed by atoms with Crippen molar-refractivity contribution in [3.63, 3.8) is 0 Å². The molecule has 1 aromatic carbocycles. The van der Waals surface area contributed by atoms with Crippen LogP contribution in [0.2, 0.25) is 0 Å². The summed E-state index contributed by atoms with van der Waals surface area (Å²) >= 11 is 0. The van der Waals surface area contributed by atoms with Crippen molar-refractivity contribution in [3.8, 4) is 5.75 Å². The number of hydrogen-bond acceptors (Lipinski definition) is 5. The van der Waals surface area contributed by atoms with Gasteiger partial charge in [-0.2, -0.15) is 8.42 Å². The van der Waals surface area contributed by atoms with Gasteiger partial charge in [-0.1, -0.05) is 10.8 Å². The van der Waals surface area contributed by atoms with Crippen LogP contribution in [0.3, 0.4) is 0 Å². The van der Waals surface area contributed by atoms with Gasteiger partial charge < -0.3 is 19.7 Å². The van der Waals surface area contributed by atoms with Crippen LogP contribution < -0.4 is 14.8 Å². The normalized spacial score (nSPS) is 15.5. The minimum Gasteiger partial charge on any atom is -0.358 e. The maximum atomic E-state index is 12.4. The van der Waals surface area contributed by atoms with E-state index in [-0.39, 0.29) is 17.7 Å². The number of likely N-dealkylation sites (tertiary alicyclic amines) is 1. The number of anilines is 1. The second-order valence-corrected chi connectivity index (χ2v) is 6.56. The van der Waals surface area contributed by atoms with Crippen molar-refractivity contribution in [2.24, 2.45) is 0 Å². The number of halogens is 1. The number of carbonyl (C=O) groups excluding carboxylic acids is 2. The van der Waals surface area contributed by atoms with E-state index in [2.05, 4.69) is 14.8 Å². The van der Waals surface area contributed by atoms with Gasteiger partial charge in [0.1, 0.15) is 5.75 Å². The standard InChI is InChI=1S/C15H20FN3O5S/c1-2-14(20)19-9-7-12(8-10-19)18-15(21)17-11-3-5-13(6-4-11)24-25(16,22)23/h3-6,12H,2,7-10H2,1H3,(H2,17,18,21). The quantitative estimate of drug-likeness (QED) is 0.766. The Labute approximate surface area is 145 Å². The SMILES string of the molecule is CCC(=O)N1CCC(NC(=O)Nc2ccc(OS(=O)(=O)F)cc2)CC1. The van der Waals surface area contributed by atoms with Crippen LogP contribution in [0.5, 0.6) is 5.75 Å². The third-order valence-electron chi connectivity index (χ3n) is 3.79. The molecule has 0 bridgehead atoms. The Hall–Kier alpha value is -2.36. The zero-order chi connectivity index (χ0) is 18.4. The maximum Gasteiger partial charge on any atom is 0.488 e. The highest BCUT2D eigenvalue weighted by Gasteiger charge is 2.22. The predicted octanol–water partition coefficient (Wildman–Crippen LogP) is 1.80. The highest BCUT2D eigenvalue weighted by Crippen LogP contribution is 2.18. The molecule has 2 N–H and O–H groups in total. The number of benzene rings is 1. The molecule has 0 spiro atoms. The first kappa shape index (κ1) is 19.0. The summed E-state index contributed by atoms with van der Waals surface area (Å²) in [5.41, 5.74) is 0.403. The molecule has 0 radical (unpaired) electrons. The van der Waals surface area contributed by atoms with Crippen LogP contribution in [0, 0.1) is 0 Å². The van der Waals surface area contributed by atoms with E-state index in [1.807, 2.05) is 6.92 Å². The smallest absolute Gasteiger partial charge is 0.358 e.